The first-order valence-corrected chi connectivity index (χ1v) is 12.3. The summed E-state index contributed by atoms with van der Waals surface area (Å²) in [4.78, 5) is 35.1. The normalized spacial score (nSPS) is 24.7. The zero-order chi connectivity index (χ0) is 26.5. The molecule has 16 nitrogen and oxygen atoms in total. The predicted molar refractivity (Wildman–Crippen MR) is 123 cm³/mol. The van der Waals surface area contributed by atoms with Crippen molar-refractivity contribution in [2.75, 3.05) is 12.3 Å². The van der Waals surface area contributed by atoms with Gasteiger partial charge in [-0.1, -0.05) is 12.1 Å². The SMILES string of the molecule is CC1(C)O[C@@H]2[C@H](O1)[C@@H](COS(=O)(=O)NC(=O)c1ccccc1[N+](=O)[O-])O[C@H]2n1cnc2c(N)ncnc21. The average molecular weight is 535 g/mol. The number of rotatable bonds is 7. The van der Waals surface area contributed by atoms with E-state index in [0.717, 1.165) is 12.1 Å². The van der Waals surface area contributed by atoms with Crippen LogP contribution in [0.25, 0.3) is 11.2 Å². The van der Waals surface area contributed by atoms with E-state index >= 15 is 0 Å². The summed E-state index contributed by atoms with van der Waals surface area (Å²) in [6.07, 6.45) is -0.515. The number of hydrogen-bond donors (Lipinski definition) is 2. The van der Waals surface area contributed by atoms with Gasteiger partial charge in [-0.25, -0.2) is 19.7 Å². The molecule has 17 heteroatoms. The molecule has 0 aliphatic carbocycles. The molecule has 4 atom stereocenters. The van der Waals surface area contributed by atoms with Crippen LogP contribution < -0.4 is 10.5 Å². The Bertz CT molecular complexity index is 1490. The van der Waals surface area contributed by atoms with Gasteiger partial charge in [-0.15, -0.1) is 0 Å². The maximum absolute atomic E-state index is 12.5. The Morgan fingerprint density at radius 2 is 1.97 bits per heavy atom. The van der Waals surface area contributed by atoms with Crippen LogP contribution in [0.5, 0.6) is 0 Å². The Labute approximate surface area is 209 Å². The highest BCUT2D eigenvalue weighted by atomic mass is 32.2. The van der Waals surface area contributed by atoms with Crippen molar-refractivity contribution in [1.29, 1.82) is 0 Å². The van der Waals surface area contributed by atoms with Crippen molar-refractivity contribution in [3.05, 3.63) is 52.6 Å². The number of hydrogen-bond acceptors (Lipinski definition) is 13. The van der Waals surface area contributed by atoms with Crippen molar-refractivity contribution in [3.63, 3.8) is 0 Å². The summed E-state index contributed by atoms with van der Waals surface area (Å²) >= 11 is 0. The van der Waals surface area contributed by atoms with Crippen LogP contribution >= 0.6 is 0 Å². The molecule has 1 amide bonds. The lowest BCUT2D eigenvalue weighted by Gasteiger charge is -2.24. The molecular weight excluding hydrogens is 514 g/mol. The molecule has 37 heavy (non-hydrogen) atoms. The van der Waals surface area contributed by atoms with Gasteiger partial charge in [-0.05, 0) is 19.9 Å². The standard InChI is InChI=1S/C20H21N7O9S/c1-20(2)35-14-12(7-33-37(31,32)25-18(28)10-5-3-4-6-11(10)27(29)30)34-19(15(14)36-20)26-9-24-13-16(21)22-8-23-17(13)26/h3-6,8-9,12,14-15,19H,7H2,1-2H3,(H,25,28)(H2,21,22,23)/t12-,14-,15-,19-/m1/s1. The number of nitrogen functional groups attached to an aromatic ring is 1. The topological polar surface area (TPSA) is 213 Å². The Kier molecular flexibility index (Phi) is 6.03. The van der Waals surface area contributed by atoms with E-state index < -0.39 is 69.3 Å². The Balaban J connectivity index is 1.33. The molecule has 2 saturated heterocycles. The first-order chi connectivity index (χ1) is 17.5. The fourth-order valence-electron chi connectivity index (χ4n) is 4.25. The number of nitro benzene ring substituents is 1. The fourth-order valence-corrected chi connectivity index (χ4v) is 4.96. The lowest BCUT2D eigenvalue weighted by molar-refractivity contribution is -0.385. The van der Waals surface area contributed by atoms with Gasteiger partial charge in [0.15, 0.2) is 23.5 Å². The van der Waals surface area contributed by atoms with Crippen LogP contribution in [0.2, 0.25) is 0 Å². The van der Waals surface area contributed by atoms with Gasteiger partial charge in [0.05, 0.1) is 17.9 Å². The highest BCUT2D eigenvalue weighted by Crippen LogP contribution is 2.44. The van der Waals surface area contributed by atoms with E-state index in [1.165, 1.54) is 24.8 Å². The van der Waals surface area contributed by atoms with Gasteiger partial charge in [0.2, 0.25) is 0 Å². The number of nitrogens with two attached hydrogens (primary N) is 1. The molecule has 196 valence electrons. The smallest absolute Gasteiger partial charge is 0.362 e. The summed E-state index contributed by atoms with van der Waals surface area (Å²) < 4.78 is 51.2. The van der Waals surface area contributed by atoms with E-state index in [-0.39, 0.29) is 5.82 Å². The monoisotopic (exact) mass is 535 g/mol. The van der Waals surface area contributed by atoms with Crippen LogP contribution in [-0.2, 0) is 28.7 Å². The van der Waals surface area contributed by atoms with Gasteiger partial charge in [-0.3, -0.25) is 23.7 Å². The number of anilines is 1. The maximum Gasteiger partial charge on any atom is 0.362 e. The largest absolute Gasteiger partial charge is 0.382 e. The van der Waals surface area contributed by atoms with Crippen molar-refractivity contribution in [3.8, 4) is 0 Å². The van der Waals surface area contributed by atoms with Crippen molar-refractivity contribution in [2.24, 2.45) is 0 Å². The number of nitro groups is 1. The third-order valence-electron chi connectivity index (χ3n) is 5.74. The number of carbonyl (C=O) groups excluding carboxylic acids is 1. The summed E-state index contributed by atoms with van der Waals surface area (Å²) in [7, 11) is -4.68. The molecule has 0 bridgehead atoms. The van der Waals surface area contributed by atoms with Crippen LogP contribution in [-0.4, -0.2) is 69.5 Å². The second-order valence-electron chi connectivity index (χ2n) is 8.66. The first-order valence-electron chi connectivity index (χ1n) is 10.8. The summed E-state index contributed by atoms with van der Waals surface area (Å²) in [6.45, 7) is 2.83. The van der Waals surface area contributed by atoms with Crippen LogP contribution in [0.1, 0.15) is 30.4 Å². The van der Waals surface area contributed by atoms with Crippen LogP contribution in [0.3, 0.4) is 0 Å². The van der Waals surface area contributed by atoms with E-state index in [1.54, 1.807) is 23.1 Å². The number of amides is 1. The third kappa shape index (κ3) is 4.69. The van der Waals surface area contributed by atoms with Gasteiger partial charge in [-0.2, -0.15) is 8.42 Å². The molecular formula is C20H21N7O9S. The minimum Gasteiger partial charge on any atom is -0.382 e. The van der Waals surface area contributed by atoms with Gasteiger partial charge in [0.1, 0.15) is 35.7 Å². The van der Waals surface area contributed by atoms with E-state index in [4.69, 9.17) is 24.1 Å². The first kappa shape index (κ1) is 24.9. The third-order valence-corrected chi connectivity index (χ3v) is 6.62. The molecule has 2 fully saturated rings. The molecule has 3 aromatic rings. The summed E-state index contributed by atoms with van der Waals surface area (Å²) in [5.74, 6) is -2.07. The second kappa shape index (κ2) is 8.96. The molecule has 1 aromatic carbocycles. The highest BCUT2D eigenvalue weighted by Gasteiger charge is 2.56. The number of nitrogens with one attached hydrogen (secondary N) is 1. The van der Waals surface area contributed by atoms with Crippen molar-refractivity contribution in [1.82, 2.24) is 24.2 Å². The van der Waals surface area contributed by atoms with Crippen LogP contribution in [0.4, 0.5) is 11.5 Å². The van der Waals surface area contributed by atoms with E-state index in [0.29, 0.717) is 11.2 Å². The maximum atomic E-state index is 12.5. The number of ether oxygens (including phenoxy) is 3. The Morgan fingerprint density at radius 3 is 2.73 bits per heavy atom. The van der Waals surface area contributed by atoms with Crippen molar-refractivity contribution >= 4 is 38.9 Å². The number of fused-ring (bicyclic) bond motifs is 2. The van der Waals surface area contributed by atoms with E-state index in [9.17, 15) is 23.3 Å². The van der Waals surface area contributed by atoms with Crippen molar-refractivity contribution in [2.45, 2.75) is 44.2 Å². The molecule has 5 rings (SSSR count). The van der Waals surface area contributed by atoms with Crippen LogP contribution in [0.15, 0.2) is 36.9 Å². The number of imidazole rings is 1. The average Bonchev–Trinajstić information content (AvgIpc) is 3.49. The summed E-state index contributed by atoms with van der Waals surface area (Å²) in [5.41, 5.74) is 5.58. The lowest BCUT2D eigenvalue weighted by atomic mass is 10.1. The minimum absolute atomic E-state index is 0.169. The molecule has 0 saturated carbocycles. The molecule has 2 aliphatic rings. The van der Waals surface area contributed by atoms with Gasteiger partial charge < -0.3 is 19.9 Å². The molecule has 3 N–H and O–H groups in total. The quantitative estimate of drug-likeness (QED) is 0.310. The number of aromatic nitrogens is 4. The Morgan fingerprint density at radius 1 is 1.24 bits per heavy atom. The lowest BCUT2D eigenvalue weighted by Crippen LogP contribution is -2.37. The van der Waals surface area contributed by atoms with Gasteiger partial charge >= 0.3 is 10.3 Å². The predicted octanol–water partition coefficient (Wildman–Crippen LogP) is 0.426. The van der Waals surface area contributed by atoms with Crippen molar-refractivity contribution < 1.29 is 36.5 Å². The highest BCUT2D eigenvalue weighted by molar-refractivity contribution is 7.85. The Hall–Kier alpha value is -3.77. The molecule has 0 radical (unpaired) electrons. The fraction of sp³-hybridized carbons (Fsp3) is 0.400. The van der Waals surface area contributed by atoms with Crippen LogP contribution in [0, 0.1) is 10.1 Å². The molecule has 4 heterocycles. The molecule has 0 spiro atoms. The number of carbonyl (C=O) groups is 1. The summed E-state index contributed by atoms with van der Waals surface area (Å²) in [5, 5.41) is 11.2. The minimum atomic E-state index is -4.68. The number of para-hydroxylation sites is 1. The number of benzene rings is 1. The zero-order valence-corrected chi connectivity index (χ0v) is 20.2. The number of nitrogens with zero attached hydrogens (tertiary/aromatic N) is 5. The van der Waals surface area contributed by atoms with E-state index in [2.05, 4.69) is 15.0 Å². The second-order valence-corrected chi connectivity index (χ2v) is 10.0. The zero-order valence-electron chi connectivity index (χ0n) is 19.4. The summed E-state index contributed by atoms with van der Waals surface area (Å²) in [6, 6.07) is 4.90. The molecule has 2 aliphatic heterocycles. The molecule has 2 aromatic heterocycles. The van der Waals surface area contributed by atoms with Gasteiger partial charge in [0.25, 0.3) is 11.6 Å². The van der Waals surface area contributed by atoms with E-state index in [1.807, 2.05) is 0 Å². The molecule has 0 unspecified atom stereocenters. The van der Waals surface area contributed by atoms with Gasteiger partial charge in [0, 0.05) is 6.07 Å².